The van der Waals surface area contributed by atoms with E-state index in [1.165, 1.54) is 0 Å². The zero-order valence-electron chi connectivity index (χ0n) is 14.7. The largest absolute Gasteiger partial charge is 0.464 e. The van der Waals surface area contributed by atoms with Gasteiger partial charge in [0.25, 0.3) is 0 Å². The molecule has 0 saturated heterocycles. The molecule has 0 saturated carbocycles. The summed E-state index contributed by atoms with van der Waals surface area (Å²) < 4.78 is 4.88. The van der Waals surface area contributed by atoms with Crippen molar-refractivity contribution in [3.05, 3.63) is 35.9 Å². The molecule has 1 rings (SSSR count). The summed E-state index contributed by atoms with van der Waals surface area (Å²) in [5.41, 5.74) is 0.656. The van der Waals surface area contributed by atoms with Crippen LogP contribution in [0.15, 0.2) is 30.3 Å². The maximum atomic E-state index is 12.6. The molecule has 132 valence electrons. The molecule has 0 aromatic heterocycles. The Morgan fingerprint density at radius 2 is 1.67 bits per heavy atom. The van der Waals surface area contributed by atoms with Crippen LogP contribution in [0, 0.1) is 5.92 Å². The summed E-state index contributed by atoms with van der Waals surface area (Å²) in [6.45, 7) is 7.35. The van der Waals surface area contributed by atoms with Gasteiger partial charge >= 0.3 is 5.97 Å². The molecule has 2 atom stereocenters. The minimum Gasteiger partial charge on any atom is -0.464 e. The normalized spacial score (nSPS) is 13.0. The second-order valence-corrected chi connectivity index (χ2v) is 5.99. The molecule has 0 aliphatic rings. The highest BCUT2D eigenvalue weighted by Crippen LogP contribution is 2.14. The van der Waals surface area contributed by atoms with Gasteiger partial charge in [-0.25, -0.2) is 4.79 Å². The number of amides is 2. The van der Waals surface area contributed by atoms with Crippen molar-refractivity contribution in [3.8, 4) is 0 Å². The SMILES string of the molecule is CCOC(=O)[C@H](C)NC(=O)[C@@H](NC(=O)CC(C)C)c1ccccc1. The Bertz CT molecular complexity index is 557. The van der Waals surface area contributed by atoms with E-state index in [9.17, 15) is 14.4 Å². The number of carbonyl (C=O) groups is 3. The quantitative estimate of drug-likeness (QED) is 0.712. The van der Waals surface area contributed by atoms with Crippen LogP contribution in [0.1, 0.15) is 45.7 Å². The third-order valence-electron chi connectivity index (χ3n) is 3.29. The van der Waals surface area contributed by atoms with Crippen molar-refractivity contribution in [1.29, 1.82) is 0 Å². The first kappa shape index (κ1) is 19.7. The fourth-order valence-electron chi connectivity index (χ4n) is 2.16. The molecule has 0 radical (unpaired) electrons. The van der Waals surface area contributed by atoms with Gasteiger partial charge in [0.05, 0.1) is 6.61 Å². The van der Waals surface area contributed by atoms with Crippen LogP contribution < -0.4 is 10.6 Å². The summed E-state index contributed by atoms with van der Waals surface area (Å²) in [5, 5.41) is 5.33. The van der Waals surface area contributed by atoms with Gasteiger partial charge in [-0.2, -0.15) is 0 Å². The fraction of sp³-hybridized carbons (Fsp3) is 0.500. The lowest BCUT2D eigenvalue weighted by molar-refractivity contribution is -0.147. The van der Waals surface area contributed by atoms with Gasteiger partial charge in [0.15, 0.2) is 0 Å². The summed E-state index contributed by atoms with van der Waals surface area (Å²) in [4.78, 5) is 36.3. The molecule has 6 heteroatoms. The average molecular weight is 334 g/mol. The lowest BCUT2D eigenvalue weighted by atomic mass is 10.0. The molecule has 0 heterocycles. The van der Waals surface area contributed by atoms with E-state index in [4.69, 9.17) is 4.74 Å². The fourth-order valence-corrected chi connectivity index (χ4v) is 2.16. The minimum atomic E-state index is -0.852. The number of nitrogens with one attached hydrogen (secondary N) is 2. The lowest BCUT2D eigenvalue weighted by Gasteiger charge is -2.21. The van der Waals surface area contributed by atoms with Crippen LogP contribution >= 0.6 is 0 Å². The first-order valence-electron chi connectivity index (χ1n) is 8.16. The molecule has 6 nitrogen and oxygen atoms in total. The van der Waals surface area contributed by atoms with Crippen LogP contribution in [0.4, 0.5) is 0 Å². The molecule has 0 bridgehead atoms. The van der Waals surface area contributed by atoms with Gasteiger partial charge in [-0.15, -0.1) is 0 Å². The number of hydrogen-bond donors (Lipinski definition) is 2. The third kappa shape index (κ3) is 6.40. The summed E-state index contributed by atoms with van der Waals surface area (Å²) in [6, 6.07) is 7.29. The first-order chi connectivity index (χ1) is 11.3. The maximum Gasteiger partial charge on any atom is 0.328 e. The Hall–Kier alpha value is -2.37. The van der Waals surface area contributed by atoms with E-state index in [1.54, 1.807) is 38.1 Å². The van der Waals surface area contributed by atoms with Crippen molar-refractivity contribution < 1.29 is 19.1 Å². The Labute approximate surface area is 143 Å². The van der Waals surface area contributed by atoms with Crippen molar-refractivity contribution in [2.24, 2.45) is 5.92 Å². The van der Waals surface area contributed by atoms with E-state index in [1.807, 2.05) is 19.9 Å². The molecule has 0 aliphatic carbocycles. The van der Waals surface area contributed by atoms with Crippen LogP contribution in [0.25, 0.3) is 0 Å². The summed E-state index contributed by atoms with van der Waals surface area (Å²) in [6.07, 6.45) is 0.323. The topological polar surface area (TPSA) is 84.5 Å². The van der Waals surface area contributed by atoms with E-state index in [2.05, 4.69) is 10.6 Å². The number of benzene rings is 1. The van der Waals surface area contributed by atoms with Gasteiger partial charge in [-0.05, 0) is 25.3 Å². The summed E-state index contributed by atoms with van der Waals surface area (Å²) in [7, 11) is 0. The third-order valence-corrected chi connectivity index (χ3v) is 3.29. The Morgan fingerprint density at radius 1 is 1.04 bits per heavy atom. The van der Waals surface area contributed by atoms with Crippen molar-refractivity contribution in [2.45, 2.75) is 46.2 Å². The van der Waals surface area contributed by atoms with Crippen LogP contribution in [0.5, 0.6) is 0 Å². The molecule has 2 N–H and O–H groups in total. The molecule has 1 aromatic carbocycles. The molecule has 1 aromatic rings. The molecule has 0 fully saturated rings. The zero-order chi connectivity index (χ0) is 18.1. The second-order valence-electron chi connectivity index (χ2n) is 5.99. The highest BCUT2D eigenvalue weighted by molar-refractivity contribution is 5.91. The van der Waals surface area contributed by atoms with E-state index in [0.717, 1.165) is 0 Å². The van der Waals surface area contributed by atoms with E-state index in [0.29, 0.717) is 12.0 Å². The molecular formula is C18H26N2O4. The molecule has 0 unspecified atom stereocenters. The van der Waals surface area contributed by atoms with E-state index < -0.39 is 24.0 Å². The molecule has 24 heavy (non-hydrogen) atoms. The monoisotopic (exact) mass is 334 g/mol. The predicted octanol–water partition coefficient (Wildman–Crippen LogP) is 1.96. The smallest absolute Gasteiger partial charge is 0.328 e. The van der Waals surface area contributed by atoms with Gasteiger partial charge in [0.1, 0.15) is 12.1 Å². The summed E-state index contributed by atoms with van der Waals surface area (Å²) in [5.74, 6) is -0.981. The van der Waals surface area contributed by atoms with Gasteiger partial charge in [-0.3, -0.25) is 9.59 Å². The molecule has 0 aliphatic heterocycles. The number of ether oxygens (including phenoxy) is 1. The number of hydrogen-bond acceptors (Lipinski definition) is 4. The lowest BCUT2D eigenvalue weighted by Crippen LogP contribution is -2.46. The van der Waals surface area contributed by atoms with Crippen LogP contribution in [-0.2, 0) is 19.1 Å². The highest BCUT2D eigenvalue weighted by atomic mass is 16.5. The summed E-state index contributed by atoms with van der Waals surface area (Å²) >= 11 is 0. The van der Waals surface area contributed by atoms with Gasteiger partial charge in [0.2, 0.25) is 11.8 Å². The molecular weight excluding hydrogens is 308 g/mol. The Morgan fingerprint density at radius 3 is 2.21 bits per heavy atom. The number of carbonyl (C=O) groups excluding carboxylic acids is 3. The standard InChI is InChI=1S/C18H26N2O4/c1-5-24-18(23)13(4)19-17(22)16(14-9-7-6-8-10-14)20-15(21)11-12(2)3/h6-10,12-13,16H,5,11H2,1-4H3,(H,19,22)(H,20,21)/t13-,16-/m0/s1. The van der Waals surface area contributed by atoms with Crippen LogP contribution in [0.3, 0.4) is 0 Å². The van der Waals surface area contributed by atoms with E-state index in [-0.39, 0.29) is 18.4 Å². The Kier molecular flexibility index (Phi) is 7.95. The van der Waals surface area contributed by atoms with Crippen LogP contribution in [-0.4, -0.2) is 30.4 Å². The van der Waals surface area contributed by atoms with Crippen LogP contribution in [0.2, 0.25) is 0 Å². The van der Waals surface area contributed by atoms with Gasteiger partial charge < -0.3 is 15.4 Å². The number of esters is 1. The number of rotatable bonds is 8. The van der Waals surface area contributed by atoms with Crippen molar-refractivity contribution in [1.82, 2.24) is 10.6 Å². The minimum absolute atomic E-state index is 0.183. The predicted molar refractivity (Wildman–Crippen MR) is 91.0 cm³/mol. The molecule has 2 amide bonds. The average Bonchev–Trinajstić information content (AvgIpc) is 2.52. The molecule has 0 spiro atoms. The maximum absolute atomic E-state index is 12.6. The second kappa shape index (κ2) is 9.70. The first-order valence-corrected chi connectivity index (χ1v) is 8.16. The highest BCUT2D eigenvalue weighted by Gasteiger charge is 2.26. The van der Waals surface area contributed by atoms with Crippen molar-refractivity contribution in [3.63, 3.8) is 0 Å². The van der Waals surface area contributed by atoms with Crippen molar-refractivity contribution >= 4 is 17.8 Å². The van der Waals surface area contributed by atoms with Crippen molar-refractivity contribution in [2.75, 3.05) is 6.61 Å². The Balaban J connectivity index is 2.86. The van der Waals surface area contributed by atoms with Gasteiger partial charge in [0, 0.05) is 6.42 Å². The van der Waals surface area contributed by atoms with E-state index >= 15 is 0 Å². The zero-order valence-corrected chi connectivity index (χ0v) is 14.7. The van der Waals surface area contributed by atoms with Gasteiger partial charge in [-0.1, -0.05) is 44.2 Å².